The van der Waals surface area contributed by atoms with Crippen LogP contribution in [0, 0.1) is 12.8 Å². The Kier molecular flexibility index (Phi) is 6.08. The van der Waals surface area contributed by atoms with Crippen LogP contribution < -0.4 is 5.73 Å². The van der Waals surface area contributed by atoms with E-state index < -0.39 is 11.9 Å². The van der Waals surface area contributed by atoms with Crippen LogP contribution >= 0.6 is 11.3 Å². The quantitative estimate of drug-likeness (QED) is 0.811. The Morgan fingerprint density at radius 2 is 2.07 bits per heavy atom. The summed E-state index contributed by atoms with van der Waals surface area (Å²) in [6, 6.07) is 3.58. The van der Waals surface area contributed by atoms with Crippen molar-refractivity contribution in [1.29, 1.82) is 0 Å². The second-order valence-corrected chi connectivity index (χ2v) is 9.85. The summed E-state index contributed by atoms with van der Waals surface area (Å²) >= 11 is 1.53. The highest BCUT2D eigenvalue weighted by atomic mass is 32.1. The fourth-order valence-corrected chi connectivity index (χ4v) is 5.01. The van der Waals surface area contributed by atoms with Crippen molar-refractivity contribution in [2.45, 2.75) is 65.3 Å². The summed E-state index contributed by atoms with van der Waals surface area (Å²) in [7, 11) is 0. The smallest absolute Gasteiger partial charge is 0.240 e. The third-order valence-electron chi connectivity index (χ3n) is 5.59. The van der Waals surface area contributed by atoms with E-state index in [0.717, 1.165) is 39.7 Å². The molecular formula is C22H30N4O2S. The van der Waals surface area contributed by atoms with E-state index in [9.17, 15) is 9.59 Å². The van der Waals surface area contributed by atoms with Gasteiger partial charge in [-0.25, -0.2) is 4.98 Å². The van der Waals surface area contributed by atoms with E-state index in [2.05, 4.69) is 36.8 Å². The van der Waals surface area contributed by atoms with Crippen LogP contribution in [0.2, 0.25) is 0 Å². The molecule has 2 amide bonds. The molecule has 0 bridgehead atoms. The Morgan fingerprint density at radius 3 is 2.69 bits per heavy atom. The highest BCUT2D eigenvalue weighted by molar-refractivity contribution is 7.15. The fourth-order valence-electron chi connectivity index (χ4n) is 3.96. The molecule has 1 aliphatic heterocycles. The second-order valence-electron chi connectivity index (χ2n) is 8.77. The summed E-state index contributed by atoms with van der Waals surface area (Å²) in [5.41, 5.74) is 8.54. The maximum Gasteiger partial charge on any atom is 0.240 e. The van der Waals surface area contributed by atoms with Gasteiger partial charge in [-0.15, -0.1) is 11.3 Å². The number of thiazole rings is 1. The van der Waals surface area contributed by atoms with Crippen LogP contribution in [0.1, 0.15) is 56.9 Å². The van der Waals surface area contributed by atoms with Gasteiger partial charge < -0.3 is 10.6 Å². The number of hydrogen-bond donors (Lipinski definition) is 1. The standard InChI is InChI=1S/C22H30N4O2S/c1-6-14-8-10-26(19(14)21(23)28)18(27)12-17-25-13(2)20(29-17)15-7-9-24-16(11-15)22(3,4)5/h7,9,11,14,19H,6,8,10,12H2,1-5H3,(H2,23,28)/t14-,19+/m1/s1. The molecule has 3 heterocycles. The average Bonchev–Trinajstić information content (AvgIpc) is 3.24. The first-order valence-electron chi connectivity index (χ1n) is 10.1. The highest BCUT2D eigenvalue weighted by Gasteiger charge is 2.39. The lowest BCUT2D eigenvalue weighted by Gasteiger charge is -2.24. The summed E-state index contributed by atoms with van der Waals surface area (Å²) in [6.07, 6.45) is 3.69. The van der Waals surface area contributed by atoms with Crippen molar-refractivity contribution in [2.24, 2.45) is 11.7 Å². The molecule has 2 atom stereocenters. The van der Waals surface area contributed by atoms with E-state index in [1.807, 2.05) is 26.1 Å². The van der Waals surface area contributed by atoms with Gasteiger partial charge in [-0.1, -0.05) is 34.1 Å². The van der Waals surface area contributed by atoms with Crippen LogP contribution in [0.4, 0.5) is 0 Å². The predicted molar refractivity (Wildman–Crippen MR) is 116 cm³/mol. The molecule has 1 aliphatic rings. The maximum atomic E-state index is 12.9. The monoisotopic (exact) mass is 414 g/mol. The fraction of sp³-hybridized carbons (Fsp3) is 0.545. The molecule has 2 aromatic heterocycles. The Hall–Kier alpha value is -2.28. The Bertz CT molecular complexity index is 916. The molecule has 0 aliphatic carbocycles. The number of carbonyl (C=O) groups is 2. The molecule has 1 saturated heterocycles. The molecule has 7 heteroatoms. The third kappa shape index (κ3) is 4.50. The minimum absolute atomic E-state index is 0.0389. The summed E-state index contributed by atoms with van der Waals surface area (Å²) < 4.78 is 0. The molecule has 0 aromatic carbocycles. The van der Waals surface area contributed by atoms with Gasteiger partial charge in [-0.05, 0) is 37.0 Å². The van der Waals surface area contributed by atoms with E-state index in [-0.39, 0.29) is 23.7 Å². The third-order valence-corrected chi connectivity index (χ3v) is 6.80. The molecule has 0 spiro atoms. The van der Waals surface area contributed by atoms with Gasteiger partial charge in [-0.2, -0.15) is 0 Å². The minimum Gasteiger partial charge on any atom is -0.368 e. The Morgan fingerprint density at radius 1 is 1.34 bits per heavy atom. The predicted octanol–water partition coefficient (Wildman–Crippen LogP) is 3.47. The summed E-state index contributed by atoms with van der Waals surface area (Å²) in [4.78, 5) is 36.6. The average molecular weight is 415 g/mol. The van der Waals surface area contributed by atoms with Crippen molar-refractivity contribution in [2.75, 3.05) is 6.54 Å². The van der Waals surface area contributed by atoms with Gasteiger partial charge >= 0.3 is 0 Å². The van der Waals surface area contributed by atoms with Crippen LogP contribution in [0.5, 0.6) is 0 Å². The number of nitrogens with zero attached hydrogens (tertiary/aromatic N) is 3. The number of pyridine rings is 1. The van der Waals surface area contributed by atoms with E-state index in [4.69, 9.17) is 5.73 Å². The molecule has 2 aromatic rings. The zero-order valence-corrected chi connectivity index (χ0v) is 18.7. The molecule has 2 N–H and O–H groups in total. The number of aryl methyl sites for hydroxylation is 1. The number of rotatable bonds is 5. The van der Waals surface area contributed by atoms with E-state index >= 15 is 0 Å². The number of hydrogen-bond acceptors (Lipinski definition) is 5. The van der Waals surface area contributed by atoms with E-state index in [0.29, 0.717) is 6.54 Å². The first-order valence-corrected chi connectivity index (χ1v) is 11.0. The number of aromatic nitrogens is 2. The first-order chi connectivity index (χ1) is 13.6. The number of amides is 2. The number of nitrogens with two attached hydrogens (primary N) is 1. The lowest BCUT2D eigenvalue weighted by molar-refractivity contribution is -0.137. The van der Waals surface area contributed by atoms with Crippen molar-refractivity contribution >= 4 is 23.2 Å². The summed E-state index contributed by atoms with van der Waals surface area (Å²) in [5, 5.41) is 0.764. The summed E-state index contributed by atoms with van der Waals surface area (Å²) in [6.45, 7) is 11.0. The Labute approximate surface area is 176 Å². The van der Waals surface area contributed by atoms with E-state index in [1.165, 1.54) is 11.3 Å². The number of primary amides is 1. The van der Waals surface area contributed by atoms with Crippen LogP contribution in [-0.2, 0) is 21.4 Å². The maximum absolute atomic E-state index is 12.9. The number of carbonyl (C=O) groups excluding carboxylic acids is 2. The summed E-state index contributed by atoms with van der Waals surface area (Å²) in [5.74, 6) is -0.335. The number of likely N-dealkylation sites (tertiary alicyclic amines) is 1. The van der Waals surface area contributed by atoms with Crippen molar-refractivity contribution in [3.63, 3.8) is 0 Å². The molecule has 0 unspecified atom stereocenters. The van der Waals surface area contributed by atoms with E-state index in [1.54, 1.807) is 4.90 Å². The molecule has 1 fully saturated rings. The van der Waals surface area contributed by atoms with Gasteiger partial charge in [0.2, 0.25) is 11.8 Å². The SMILES string of the molecule is CC[C@@H]1CCN(C(=O)Cc2nc(C)c(-c3ccnc(C(C)(C)C)c3)s2)[C@@H]1C(N)=O. The van der Waals surface area contributed by atoms with Gasteiger partial charge in [0.15, 0.2) is 0 Å². The zero-order chi connectivity index (χ0) is 21.3. The van der Waals surface area contributed by atoms with Gasteiger partial charge in [0.25, 0.3) is 0 Å². The van der Waals surface area contributed by atoms with Crippen LogP contribution in [-0.4, -0.2) is 39.3 Å². The van der Waals surface area contributed by atoms with Crippen LogP contribution in [0.15, 0.2) is 18.3 Å². The molecule has 29 heavy (non-hydrogen) atoms. The zero-order valence-electron chi connectivity index (χ0n) is 17.9. The molecular weight excluding hydrogens is 384 g/mol. The second kappa shape index (κ2) is 8.22. The van der Waals surface area contributed by atoms with Crippen molar-refractivity contribution in [3.05, 3.63) is 34.7 Å². The molecule has 3 rings (SSSR count). The minimum atomic E-state index is -0.498. The van der Waals surface area contributed by atoms with Crippen molar-refractivity contribution in [3.8, 4) is 10.4 Å². The Balaban J connectivity index is 1.81. The van der Waals surface area contributed by atoms with Gasteiger partial charge in [0.1, 0.15) is 11.0 Å². The first kappa shape index (κ1) is 21.4. The van der Waals surface area contributed by atoms with Crippen molar-refractivity contribution in [1.82, 2.24) is 14.9 Å². The van der Waals surface area contributed by atoms with Crippen LogP contribution in [0.25, 0.3) is 10.4 Å². The normalized spacial score (nSPS) is 19.6. The van der Waals surface area contributed by atoms with Crippen molar-refractivity contribution < 1.29 is 9.59 Å². The van der Waals surface area contributed by atoms with Gasteiger partial charge in [-0.3, -0.25) is 14.6 Å². The molecule has 156 valence electrons. The lowest BCUT2D eigenvalue weighted by Crippen LogP contribution is -2.47. The van der Waals surface area contributed by atoms with Gasteiger partial charge in [0, 0.05) is 23.9 Å². The highest BCUT2D eigenvalue weighted by Crippen LogP contribution is 2.33. The van der Waals surface area contributed by atoms with Gasteiger partial charge in [0.05, 0.1) is 17.0 Å². The molecule has 0 saturated carbocycles. The molecule has 0 radical (unpaired) electrons. The molecule has 6 nitrogen and oxygen atoms in total. The van der Waals surface area contributed by atoms with Crippen LogP contribution in [0.3, 0.4) is 0 Å². The largest absolute Gasteiger partial charge is 0.368 e. The topological polar surface area (TPSA) is 89.2 Å². The lowest BCUT2D eigenvalue weighted by atomic mass is 9.90.